The zero-order chi connectivity index (χ0) is 14.3. The van der Waals surface area contributed by atoms with E-state index in [1.54, 1.807) is 0 Å². The van der Waals surface area contributed by atoms with Crippen molar-refractivity contribution < 1.29 is 14.8 Å². The molecule has 8 heteroatoms. The largest absolute Gasteiger partial charge is 0.478 e. The van der Waals surface area contributed by atoms with Crippen LogP contribution in [0.3, 0.4) is 0 Å². The summed E-state index contributed by atoms with van der Waals surface area (Å²) in [6, 6.07) is 1.00. The van der Waals surface area contributed by atoms with E-state index in [1.165, 1.54) is 0 Å². The predicted octanol–water partition coefficient (Wildman–Crippen LogP) is 1.10. The normalized spacial score (nSPS) is 10.2. The number of carboxylic acid groups (broad SMARTS) is 1. The second-order valence-electron chi connectivity index (χ2n) is 3.79. The molecule has 0 aromatic carbocycles. The summed E-state index contributed by atoms with van der Waals surface area (Å²) < 4.78 is 0. The Hall–Kier alpha value is -2.22. The van der Waals surface area contributed by atoms with Gasteiger partial charge in [0.05, 0.1) is 10.5 Å². The van der Waals surface area contributed by atoms with Gasteiger partial charge in [-0.1, -0.05) is 6.92 Å². The molecule has 0 saturated carbocycles. The number of hydrogen-bond donors (Lipinski definition) is 3. The number of pyridine rings is 1. The van der Waals surface area contributed by atoms with E-state index in [4.69, 9.17) is 5.11 Å². The second kappa shape index (κ2) is 7.27. The van der Waals surface area contributed by atoms with Crippen molar-refractivity contribution in [1.82, 2.24) is 10.3 Å². The highest BCUT2D eigenvalue weighted by molar-refractivity contribution is 5.88. The molecule has 0 spiro atoms. The SMILES string of the molecule is CCNCCCNc1ncc(C(=O)O)cc1[N+](=O)[O-]. The summed E-state index contributed by atoms with van der Waals surface area (Å²) in [5.74, 6) is -1.15. The predicted molar refractivity (Wildman–Crippen MR) is 69.5 cm³/mol. The molecular formula is C11H16N4O4. The average Bonchev–Trinajstić information content (AvgIpc) is 2.38. The number of rotatable bonds is 8. The third-order valence-corrected chi connectivity index (χ3v) is 2.38. The highest BCUT2D eigenvalue weighted by Crippen LogP contribution is 2.22. The highest BCUT2D eigenvalue weighted by Gasteiger charge is 2.18. The molecule has 0 aliphatic carbocycles. The number of carbonyl (C=O) groups is 1. The number of aromatic carboxylic acids is 1. The molecule has 1 aromatic rings. The summed E-state index contributed by atoms with van der Waals surface area (Å²) in [7, 11) is 0. The van der Waals surface area contributed by atoms with Crippen LogP contribution in [0.15, 0.2) is 12.3 Å². The van der Waals surface area contributed by atoms with Crippen LogP contribution in [0.2, 0.25) is 0 Å². The zero-order valence-corrected chi connectivity index (χ0v) is 10.5. The first-order valence-electron chi connectivity index (χ1n) is 5.88. The van der Waals surface area contributed by atoms with E-state index in [9.17, 15) is 14.9 Å². The van der Waals surface area contributed by atoms with E-state index in [-0.39, 0.29) is 17.1 Å². The van der Waals surface area contributed by atoms with Crippen molar-refractivity contribution >= 4 is 17.5 Å². The third kappa shape index (κ3) is 4.51. The minimum atomic E-state index is -1.24. The van der Waals surface area contributed by atoms with Crippen LogP contribution >= 0.6 is 0 Å². The lowest BCUT2D eigenvalue weighted by atomic mass is 10.2. The fourth-order valence-electron chi connectivity index (χ4n) is 1.44. The minimum Gasteiger partial charge on any atom is -0.478 e. The van der Waals surface area contributed by atoms with Crippen LogP contribution in [0, 0.1) is 10.1 Å². The summed E-state index contributed by atoms with van der Waals surface area (Å²) in [6.45, 7) is 4.17. The maximum Gasteiger partial charge on any atom is 0.337 e. The van der Waals surface area contributed by atoms with E-state index >= 15 is 0 Å². The van der Waals surface area contributed by atoms with Crippen LogP contribution in [0.5, 0.6) is 0 Å². The monoisotopic (exact) mass is 268 g/mol. The Balaban J connectivity index is 2.71. The summed E-state index contributed by atoms with van der Waals surface area (Å²) in [5, 5.41) is 25.6. The molecule has 0 radical (unpaired) electrons. The molecule has 0 fully saturated rings. The number of nitrogens with zero attached hydrogens (tertiary/aromatic N) is 2. The Labute approximate surface area is 110 Å². The molecule has 0 aliphatic rings. The molecule has 0 bridgehead atoms. The van der Waals surface area contributed by atoms with Gasteiger partial charge in [0.2, 0.25) is 5.82 Å². The number of hydrogen-bond acceptors (Lipinski definition) is 6. The summed E-state index contributed by atoms with van der Waals surface area (Å²) >= 11 is 0. The van der Waals surface area contributed by atoms with Gasteiger partial charge in [-0.3, -0.25) is 10.1 Å². The molecule has 1 aromatic heterocycles. The van der Waals surface area contributed by atoms with E-state index < -0.39 is 10.9 Å². The number of aromatic nitrogens is 1. The molecule has 1 heterocycles. The van der Waals surface area contributed by atoms with E-state index in [2.05, 4.69) is 15.6 Å². The molecule has 8 nitrogen and oxygen atoms in total. The fourth-order valence-corrected chi connectivity index (χ4v) is 1.44. The van der Waals surface area contributed by atoms with Gasteiger partial charge in [-0.25, -0.2) is 9.78 Å². The number of anilines is 1. The maximum atomic E-state index is 10.9. The zero-order valence-electron chi connectivity index (χ0n) is 10.5. The number of nitrogens with one attached hydrogen (secondary N) is 2. The molecule has 1 rings (SSSR count). The molecule has 0 saturated heterocycles. The molecule has 104 valence electrons. The van der Waals surface area contributed by atoms with Crippen molar-refractivity contribution in [3.8, 4) is 0 Å². The summed E-state index contributed by atoms with van der Waals surface area (Å²) in [5.41, 5.74) is -0.534. The van der Waals surface area contributed by atoms with E-state index in [1.807, 2.05) is 6.92 Å². The minimum absolute atomic E-state index is 0.0894. The first-order chi connectivity index (χ1) is 9.06. The van der Waals surface area contributed by atoms with Gasteiger partial charge in [0.25, 0.3) is 0 Å². The second-order valence-corrected chi connectivity index (χ2v) is 3.79. The number of carboxylic acids is 1. The van der Waals surface area contributed by atoms with Gasteiger partial charge in [-0.2, -0.15) is 0 Å². The van der Waals surface area contributed by atoms with Crippen molar-refractivity contribution in [3.05, 3.63) is 27.9 Å². The van der Waals surface area contributed by atoms with Crippen LogP contribution in [0.1, 0.15) is 23.7 Å². The van der Waals surface area contributed by atoms with Crippen LogP contribution < -0.4 is 10.6 Å². The van der Waals surface area contributed by atoms with Crippen LogP contribution in [0.25, 0.3) is 0 Å². The Morgan fingerprint density at radius 2 is 2.26 bits per heavy atom. The third-order valence-electron chi connectivity index (χ3n) is 2.38. The lowest BCUT2D eigenvalue weighted by molar-refractivity contribution is -0.384. The quantitative estimate of drug-likeness (QED) is 0.367. The molecule has 0 unspecified atom stereocenters. The fraction of sp³-hybridized carbons (Fsp3) is 0.455. The van der Waals surface area contributed by atoms with Crippen molar-refractivity contribution in [1.29, 1.82) is 0 Å². The van der Waals surface area contributed by atoms with Crippen LogP contribution in [-0.4, -0.2) is 40.6 Å². The smallest absolute Gasteiger partial charge is 0.337 e. The van der Waals surface area contributed by atoms with Crippen LogP contribution in [0.4, 0.5) is 11.5 Å². The Morgan fingerprint density at radius 3 is 2.84 bits per heavy atom. The van der Waals surface area contributed by atoms with Crippen molar-refractivity contribution in [2.45, 2.75) is 13.3 Å². The first kappa shape index (κ1) is 14.8. The van der Waals surface area contributed by atoms with Crippen molar-refractivity contribution in [2.75, 3.05) is 25.0 Å². The molecular weight excluding hydrogens is 252 g/mol. The molecule has 0 amide bonds. The van der Waals surface area contributed by atoms with E-state index in [0.29, 0.717) is 6.54 Å². The Bertz CT molecular complexity index is 464. The van der Waals surface area contributed by atoms with Gasteiger partial charge in [-0.05, 0) is 19.5 Å². The summed E-state index contributed by atoms with van der Waals surface area (Å²) in [6.07, 6.45) is 1.88. The Morgan fingerprint density at radius 1 is 1.53 bits per heavy atom. The van der Waals surface area contributed by atoms with Crippen molar-refractivity contribution in [2.24, 2.45) is 0 Å². The molecule has 19 heavy (non-hydrogen) atoms. The van der Waals surface area contributed by atoms with Crippen molar-refractivity contribution in [3.63, 3.8) is 0 Å². The van der Waals surface area contributed by atoms with Gasteiger partial charge in [0, 0.05) is 18.8 Å². The topological polar surface area (TPSA) is 117 Å². The number of nitro groups is 1. The lowest BCUT2D eigenvalue weighted by Gasteiger charge is -2.06. The molecule has 0 aliphatic heterocycles. The standard InChI is InChI=1S/C11H16N4O4/c1-2-12-4-3-5-13-10-9(15(18)19)6-8(7-14-10)11(16)17/h6-7,12H,2-5H2,1H3,(H,13,14)(H,16,17). The average molecular weight is 268 g/mol. The lowest BCUT2D eigenvalue weighted by Crippen LogP contribution is -2.17. The van der Waals surface area contributed by atoms with E-state index in [0.717, 1.165) is 31.8 Å². The first-order valence-corrected chi connectivity index (χ1v) is 5.88. The summed E-state index contributed by atoms with van der Waals surface area (Å²) in [4.78, 5) is 24.7. The molecule has 0 atom stereocenters. The Kier molecular flexibility index (Phi) is 5.68. The van der Waals surface area contributed by atoms with Gasteiger partial charge in [-0.15, -0.1) is 0 Å². The highest BCUT2D eigenvalue weighted by atomic mass is 16.6. The van der Waals surface area contributed by atoms with Gasteiger partial charge < -0.3 is 15.7 Å². The van der Waals surface area contributed by atoms with Gasteiger partial charge in [0.1, 0.15) is 0 Å². The van der Waals surface area contributed by atoms with Crippen LogP contribution in [-0.2, 0) is 0 Å². The van der Waals surface area contributed by atoms with Gasteiger partial charge >= 0.3 is 11.7 Å². The molecule has 3 N–H and O–H groups in total. The van der Waals surface area contributed by atoms with Gasteiger partial charge in [0.15, 0.2) is 0 Å². The maximum absolute atomic E-state index is 10.9.